The number of oxazole rings is 1. The molecular weight excluding hydrogens is 232 g/mol. The fraction of sp³-hybridized carbons (Fsp3) is 0.250. The summed E-state index contributed by atoms with van der Waals surface area (Å²) in [5, 5.41) is 5.64. The molecule has 2 heterocycles. The van der Waals surface area contributed by atoms with Gasteiger partial charge in [0.25, 0.3) is 5.91 Å². The lowest BCUT2D eigenvalue weighted by atomic mass is 10.3. The Balaban J connectivity index is 2.03. The van der Waals surface area contributed by atoms with Crippen LogP contribution in [0.15, 0.2) is 28.9 Å². The molecule has 0 radical (unpaired) electrons. The summed E-state index contributed by atoms with van der Waals surface area (Å²) in [5.74, 6) is 1.16. The second kappa shape index (κ2) is 5.31. The van der Waals surface area contributed by atoms with Crippen LogP contribution in [-0.2, 0) is 6.54 Å². The Hall–Kier alpha value is -2.37. The quantitative estimate of drug-likeness (QED) is 0.851. The number of carbonyl (C=O) groups excluding carboxylic acids is 1. The summed E-state index contributed by atoms with van der Waals surface area (Å²) in [7, 11) is 1.57. The van der Waals surface area contributed by atoms with E-state index < -0.39 is 0 Å². The van der Waals surface area contributed by atoms with Crippen LogP contribution in [0.4, 0.5) is 5.69 Å². The molecule has 0 aliphatic heterocycles. The molecule has 94 valence electrons. The highest BCUT2D eigenvalue weighted by molar-refractivity contribution is 5.92. The molecule has 1 amide bonds. The van der Waals surface area contributed by atoms with Gasteiger partial charge in [-0.25, -0.2) is 4.98 Å². The highest BCUT2D eigenvalue weighted by Crippen LogP contribution is 2.10. The topological polar surface area (TPSA) is 80.0 Å². The van der Waals surface area contributed by atoms with Gasteiger partial charge < -0.3 is 15.1 Å². The van der Waals surface area contributed by atoms with Gasteiger partial charge in [0, 0.05) is 18.9 Å². The number of hydrogen-bond acceptors (Lipinski definition) is 5. The zero-order chi connectivity index (χ0) is 13.0. The lowest BCUT2D eigenvalue weighted by Gasteiger charge is -2.05. The maximum atomic E-state index is 11.4. The van der Waals surface area contributed by atoms with Crippen molar-refractivity contribution in [3.8, 4) is 0 Å². The summed E-state index contributed by atoms with van der Waals surface area (Å²) in [6, 6.07) is 3.46. The minimum atomic E-state index is -0.217. The average Bonchev–Trinajstić information content (AvgIpc) is 2.81. The smallest absolute Gasteiger partial charge is 0.269 e. The number of rotatable bonds is 4. The molecule has 18 heavy (non-hydrogen) atoms. The molecule has 6 heteroatoms. The van der Waals surface area contributed by atoms with Crippen molar-refractivity contribution in [2.75, 3.05) is 12.4 Å². The van der Waals surface area contributed by atoms with Gasteiger partial charge in [-0.1, -0.05) is 0 Å². The molecular formula is C12H14N4O2. The lowest BCUT2D eigenvalue weighted by molar-refractivity contribution is 0.0958. The van der Waals surface area contributed by atoms with Crippen LogP contribution < -0.4 is 10.6 Å². The van der Waals surface area contributed by atoms with Crippen molar-refractivity contribution in [1.29, 1.82) is 0 Å². The van der Waals surface area contributed by atoms with Crippen molar-refractivity contribution in [2.24, 2.45) is 0 Å². The number of carbonyl (C=O) groups is 1. The van der Waals surface area contributed by atoms with Crippen molar-refractivity contribution >= 4 is 11.6 Å². The Morgan fingerprint density at radius 3 is 2.94 bits per heavy atom. The van der Waals surface area contributed by atoms with Crippen LogP contribution in [-0.4, -0.2) is 22.9 Å². The fourth-order valence-electron chi connectivity index (χ4n) is 1.45. The number of pyridine rings is 1. The van der Waals surface area contributed by atoms with Gasteiger partial charge in [-0.05, 0) is 19.1 Å². The summed E-state index contributed by atoms with van der Waals surface area (Å²) in [6.45, 7) is 2.30. The van der Waals surface area contributed by atoms with Gasteiger partial charge in [-0.15, -0.1) is 0 Å². The van der Waals surface area contributed by atoms with Crippen molar-refractivity contribution in [2.45, 2.75) is 13.5 Å². The summed E-state index contributed by atoms with van der Waals surface area (Å²) >= 11 is 0. The number of aryl methyl sites for hydroxylation is 1. The van der Waals surface area contributed by atoms with E-state index in [1.54, 1.807) is 31.6 Å². The molecule has 0 bridgehead atoms. The minimum Gasteiger partial charge on any atom is -0.444 e. The molecule has 0 aliphatic rings. The van der Waals surface area contributed by atoms with Crippen LogP contribution in [0.3, 0.4) is 0 Å². The monoisotopic (exact) mass is 246 g/mol. The Morgan fingerprint density at radius 1 is 1.44 bits per heavy atom. The number of amides is 1. The van der Waals surface area contributed by atoms with Crippen LogP contribution in [0, 0.1) is 6.92 Å². The molecule has 2 rings (SSSR count). The third-order valence-electron chi connectivity index (χ3n) is 2.33. The van der Waals surface area contributed by atoms with E-state index >= 15 is 0 Å². The van der Waals surface area contributed by atoms with Gasteiger partial charge in [0.1, 0.15) is 11.5 Å². The second-order valence-electron chi connectivity index (χ2n) is 3.73. The van der Waals surface area contributed by atoms with E-state index in [0.717, 1.165) is 11.4 Å². The number of aromatic nitrogens is 2. The zero-order valence-corrected chi connectivity index (χ0v) is 10.2. The SMILES string of the molecule is CNC(=O)c1cc(NCc2ncc(C)o2)ccn1. The number of nitrogens with one attached hydrogen (secondary N) is 2. The predicted octanol–water partition coefficient (Wildman–Crippen LogP) is 1.35. The third kappa shape index (κ3) is 2.85. The van der Waals surface area contributed by atoms with E-state index in [9.17, 15) is 4.79 Å². The summed E-state index contributed by atoms with van der Waals surface area (Å²) in [5.41, 5.74) is 1.16. The Bertz CT molecular complexity index is 551. The minimum absolute atomic E-state index is 0.217. The van der Waals surface area contributed by atoms with Gasteiger partial charge in [-0.3, -0.25) is 9.78 Å². The Morgan fingerprint density at radius 2 is 2.28 bits per heavy atom. The summed E-state index contributed by atoms with van der Waals surface area (Å²) < 4.78 is 5.34. The van der Waals surface area contributed by atoms with Crippen molar-refractivity contribution in [3.63, 3.8) is 0 Å². The third-order valence-corrected chi connectivity index (χ3v) is 2.33. The molecule has 0 atom stereocenters. The summed E-state index contributed by atoms with van der Waals surface area (Å²) in [6.07, 6.45) is 3.24. The molecule has 0 fully saturated rings. The highest BCUT2D eigenvalue weighted by atomic mass is 16.4. The number of hydrogen-bond donors (Lipinski definition) is 2. The van der Waals surface area contributed by atoms with Crippen LogP contribution in [0.1, 0.15) is 22.1 Å². The molecule has 0 saturated heterocycles. The zero-order valence-electron chi connectivity index (χ0n) is 10.2. The molecule has 0 spiro atoms. The van der Waals surface area contributed by atoms with Gasteiger partial charge in [-0.2, -0.15) is 0 Å². The van der Waals surface area contributed by atoms with Crippen LogP contribution in [0.25, 0.3) is 0 Å². The molecule has 0 unspecified atom stereocenters. The highest BCUT2D eigenvalue weighted by Gasteiger charge is 2.06. The van der Waals surface area contributed by atoms with Crippen molar-refractivity contribution in [3.05, 3.63) is 41.9 Å². The Kier molecular flexibility index (Phi) is 3.57. The molecule has 2 aromatic rings. The van der Waals surface area contributed by atoms with Crippen molar-refractivity contribution in [1.82, 2.24) is 15.3 Å². The van der Waals surface area contributed by atoms with Crippen LogP contribution >= 0.6 is 0 Å². The number of nitrogens with zero attached hydrogens (tertiary/aromatic N) is 2. The lowest BCUT2D eigenvalue weighted by Crippen LogP contribution is -2.19. The predicted molar refractivity (Wildman–Crippen MR) is 66.2 cm³/mol. The van der Waals surface area contributed by atoms with E-state index in [1.807, 2.05) is 6.92 Å². The molecule has 0 aliphatic carbocycles. The molecule has 0 aromatic carbocycles. The maximum Gasteiger partial charge on any atom is 0.269 e. The maximum absolute atomic E-state index is 11.4. The van der Waals surface area contributed by atoms with Gasteiger partial charge >= 0.3 is 0 Å². The van der Waals surface area contributed by atoms with E-state index in [4.69, 9.17) is 4.42 Å². The van der Waals surface area contributed by atoms with Crippen molar-refractivity contribution < 1.29 is 9.21 Å². The Labute approximate surface area is 104 Å². The van der Waals surface area contributed by atoms with Gasteiger partial charge in [0.15, 0.2) is 0 Å². The van der Waals surface area contributed by atoms with E-state index in [0.29, 0.717) is 18.1 Å². The van der Waals surface area contributed by atoms with E-state index in [-0.39, 0.29) is 5.91 Å². The second-order valence-corrected chi connectivity index (χ2v) is 3.73. The van der Waals surface area contributed by atoms with Gasteiger partial charge in [0.2, 0.25) is 5.89 Å². The first-order valence-electron chi connectivity index (χ1n) is 5.52. The largest absolute Gasteiger partial charge is 0.444 e. The molecule has 6 nitrogen and oxygen atoms in total. The number of anilines is 1. The van der Waals surface area contributed by atoms with E-state index in [1.165, 1.54) is 0 Å². The summed E-state index contributed by atoms with van der Waals surface area (Å²) in [4.78, 5) is 19.5. The average molecular weight is 246 g/mol. The van der Waals surface area contributed by atoms with Crippen LogP contribution in [0.2, 0.25) is 0 Å². The first-order valence-corrected chi connectivity index (χ1v) is 5.52. The normalized spacial score (nSPS) is 10.1. The fourth-order valence-corrected chi connectivity index (χ4v) is 1.45. The first-order chi connectivity index (χ1) is 8.69. The van der Waals surface area contributed by atoms with Gasteiger partial charge in [0.05, 0.1) is 12.7 Å². The molecule has 0 saturated carbocycles. The molecule has 2 aromatic heterocycles. The van der Waals surface area contributed by atoms with E-state index in [2.05, 4.69) is 20.6 Å². The standard InChI is InChI=1S/C12H14N4O2/c1-8-6-16-11(18-8)7-15-9-3-4-14-10(5-9)12(17)13-2/h3-6H,7H2,1-2H3,(H,13,17)(H,14,15). The molecule has 2 N–H and O–H groups in total. The van der Waals surface area contributed by atoms with Crippen LogP contribution in [0.5, 0.6) is 0 Å². The first kappa shape index (κ1) is 12.1.